The van der Waals surface area contributed by atoms with E-state index in [0.717, 1.165) is 31.5 Å². The summed E-state index contributed by atoms with van der Waals surface area (Å²) in [7, 11) is 0. The van der Waals surface area contributed by atoms with Crippen LogP contribution in [0, 0.1) is 30.6 Å². The van der Waals surface area contributed by atoms with Gasteiger partial charge in [0, 0.05) is 37.5 Å². The molecular weight excluding hydrogens is 434 g/mol. The SMILES string of the molecule is CC(=O)C1NC2(C(=O)NCc3cccc(C)c3)CC3CN(CC(C)C)C(C31)C2Cc1ccccc1. The van der Waals surface area contributed by atoms with Gasteiger partial charge in [-0.3, -0.25) is 19.8 Å². The Bertz CT molecular complexity index is 1080. The molecular formula is C30H39N3O2. The van der Waals surface area contributed by atoms with Crippen molar-refractivity contribution in [3.63, 3.8) is 0 Å². The molecule has 2 N–H and O–H groups in total. The molecule has 0 spiro atoms. The predicted molar refractivity (Wildman–Crippen MR) is 139 cm³/mol. The summed E-state index contributed by atoms with van der Waals surface area (Å²) in [5.74, 6) is 1.49. The number of nitrogens with one attached hydrogen (secondary N) is 2. The Morgan fingerprint density at radius 1 is 1.11 bits per heavy atom. The molecule has 1 saturated carbocycles. The summed E-state index contributed by atoms with van der Waals surface area (Å²) in [6.45, 7) is 10.8. The Hall–Kier alpha value is -2.50. The Balaban J connectivity index is 1.51. The van der Waals surface area contributed by atoms with Gasteiger partial charge in [-0.2, -0.15) is 0 Å². The number of Topliss-reactive ketones (excluding diaryl/α,β-unsaturated/α-hetero) is 1. The van der Waals surface area contributed by atoms with Crippen molar-refractivity contribution in [2.45, 2.75) is 64.7 Å². The zero-order valence-electron chi connectivity index (χ0n) is 21.5. The molecule has 0 aromatic heterocycles. The molecule has 1 amide bonds. The summed E-state index contributed by atoms with van der Waals surface area (Å²) in [6, 6.07) is 18.8. The zero-order valence-corrected chi connectivity index (χ0v) is 21.5. The van der Waals surface area contributed by atoms with Gasteiger partial charge in [0.05, 0.1) is 6.04 Å². The summed E-state index contributed by atoms with van der Waals surface area (Å²) in [4.78, 5) is 29.6. The van der Waals surface area contributed by atoms with Crippen molar-refractivity contribution >= 4 is 11.7 Å². The first-order valence-corrected chi connectivity index (χ1v) is 13.2. The summed E-state index contributed by atoms with van der Waals surface area (Å²) in [5.41, 5.74) is 2.80. The fourth-order valence-electron chi connectivity index (χ4n) is 7.35. The molecule has 0 radical (unpaired) electrons. The number of hydrogen-bond donors (Lipinski definition) is 2. The van der Waals surface area contributed by atoms with Crippen LogP contribution in [0.5, 0.6) is 0 Å². The third-order valence-corrected chi connectivity index (χ3v) is 8.53. The number of carbonyl (C=O) groups excluding carboxylic acids is 2. The number of hydrogen-bond acceptors (Lipinski definition) is 4. The quantitative estimate of drug-likeness (QED) is 0.613. The van der Waals surface area contributed by atoms with Crippen LogP contribution in [0.4, 0.5) is 0 Å². The number of fused-ring (bicyclic) bond motifs is 1. The Morgan fingerprint density at radius 2 is 1.86 bits per heavy atom. The smallest absolute Gasteiger partial charge is 0.240 e. The lowest BCUT2D eigenvalue weighted by Crippen LogP contribution is -2.78. The van der Waals surface area contributed by atoms with E-state index in [-0.39, 0.29) is 35.6 Å². The highest BCUT2D eigenvalue weighted by Crippen LogP contribution is 2.55. The van der Waals surface area contributed by atoms with Gasteiger partial charge in [0.15, 0.2) is 0 Å². The van der Waals surface area contributed by atoms with E-state index in [4.69, 9.17) is 0 Å². The number of likely N-dealkylation sites (tertiary alicyclic amines) is 1. The molecule has 186 valence electrons. The van der Waals surface area contributed by atoms with Crippen LogP contribution in [-0.2, 0) is 22.6 Å². The Kier molecular flexibility index (Phi) is 6.58. The molecule has 35 heavy (non-hydrogen) atoms. The first kappa shape index (κ1) is 24.2. The summed E-state index contributed by atoms with van der Waals surface area (Å²) < 4.78 is 0. The van der Waals surface area contributed by atoms with Gasteiger partial charge in [-0.15, -0.1) is 0 Å². The van der Waals surface area contributed by atoms with Crippen LogP contribution >= 0.6 is 0 Å². The van der Waals surface area contributed by atoms with Crippen molar-refractivity contribution in [2.75, 3.05) is 13.1 Å². The van der Waals surface area contributed by atoms with Gasteiger partial charge in [0.25, 0.3) is 0 Å². The van der Waals surface area contributed by atoms with Gasteiger partial charge in [0.1, 0.15) is 11.3 Å². The highest BCUT2D eigenvalue weighted by molar-refractivity contribution is 5.91. The fraction of sp³-hybridized carbons (Fsp3) is 0.533. The lowest BCUT2D eigenvalue weighted by Gasteiger charge is -2.59. The third kappa shape index (κ3) is 4.45. The minimum atomic E-state index is -0.744. The maximum Gasteiger partial charge on any atom is 0.240 e. The van der Waals surface area contributed by atoms with Crippen molar-refractivity contribution < 1.29 is 9.59 Å². The molecule has 2 aromatic rings. The van der Waals surface area contributed by atoms with Gasteiger partial charge in [-0.1, -0.05) is 74.0 Å². The molecule has 6 rings (SSSR count). The van der Waals surface area contributed by atoms with Crippen LogP contribution in [0.25, 0.3) is 0 Å². The first-order chi connectivity index (χ1) is 16.8. The fourth-order valence-corrected chi connectivity index (χ4v) is 7.35. The molecule has 6 unspecified atom stereocenters. The van der Waals surface area contributed by atoms with Gasteiger partial charge < -0.3 is 5.32 Å². The van der Waals surface area contributed by atoms with E-state index in [1.54, 1.807) is 6.92 Å². The number of amides is 1. The van der Waals surface area contributed by atoms with Crippen molar-refractivity contribution in [2.24, 2.45) is 23.7 Å². The molecule has 4 aliphatic rings. The van der Waals surface area contributed by atoms with E-state index in [2.05, 4.69) is 78.8 Å². The first-order valence-electron chi connectivity index (χ1n) is 13.2. The topological polar surface area (TPSA) is 61.4 Å². The second-order valence-corrected chi connectivity index (χ2v) is 11.6. The molecule has 2 aromatic carbocycles. The maximum atomic E-state index is 14.1. The maximum absolute atomic E-state index is 14.1. The highest BCUT2D eigenvalue weighted by atomic mass is 16.2. The summed E-state index contributed by atoms with van der Waals surface area (Å²) in [5, 5.41) is 6.95. The van der Waals surface area contributed by atoms with Gasteiger partial charge in [0.2, 0.25) is 5.91 Å². The van der Waals surface area contributed by atoms with Crippen molar-refractivity contribution in [3.8, 4) is 0 Å². The van der Waals surface area contributed by atoms with E-state index >= 15 is 0 Å². The zero-order chi connectivity index (χ0) is 24.7. The second-order valence-electron chi connectivity index (χ2n) is 11.6. The number of piperidine rings is 2. The molecule has 1 aliphatic carbocycles. The summed E-state index contributed by atoms with van der Waals surface area (Å²) in [6.07, 6.45) is 1.63. The number of aryl methyl sites for hydroxylation is 1. The minimum Gasteiger partial charge on any atom is -0.350 e. The lowest BCUT2D eigenvalue weighted by atomic mass is 9.55. The average Bonchev–Trinajstić information content (AvgIpc) is 3.12. The number of rotatable bonds is 8. The van der Waals surface area contributed by atoms with E-state index in [1.165, 1.54) is 11.1 Å². The van der Waals surface area contributed by atoms with Crippen LogP contribution < -0.4 is 10.6 Å². The second kappa shape index (κ2) is 9.51. The molecule has 5 heteroatoms. The van der Waals surface area contributed by atoms with Crippen LogP contribution in [-0.4, -0.2) is 47.3 Å². The molecule has 5 nitrogen and oxygen atoms in total. The van der Waals surface area contributed by atoms with Gasteiger partial charge >= 0.3 is 0 Å². The highest BCUT2D eigenvalue weighted by Gasteiger charge is 2.68. The molecule has 3 aliphatic heterocycles. The molecule has 4 fully saturated rings. The van der Waals surface area contributed by atoms with E-state index in [0.29, 0.717) is 18.4 Å². The van der Waals surface area contributed by atoms with E-state index < -0.39 is 5.54 Å². The molecule has 3 heterocycles. The summed E-state index contributed by atoms with van der Waals surface area (Å²) >= 11 is 0. The van der Waals surface area contributed by atoms with E-state index in [1.807, 2.05) is 12.1 Å². The number of benzene rings is 2. The number of carbonyl (C=O) groups is 2. The van der Waals surface area contributed by atoms with Gasteiger partial charge in [-0.05, 0) is 49.7 Å². The predicted octanol–water partition coefficient (Wildman–Crippen LogP) is 3.75. The number of ketones is 1. The molecule has 6 atom stereocenters. The van der Waals surface area contributed by atoms with Crippen LogP contribution in [0.15, 0.2) is 54.6 Å². The lowest BCUT2D eigenvalue weighted by molar-refractivity contribution is -0.146. The van der Waals surface area contributed by atoms with E-state index in [9.17, 15) is 9.59 Å². The molecule has 3 saturated heterocycles. The third-order valence-electron chi connectivity index (χ3n) is 8.53. The van der Waals surface area contributed by atoms with Crippen LogP contribution in [0.3, 0.4) is 0 Å². The molecule has 4 bridgehead atoms. The monoisotopic (exact) mass is 473 g/mol. The largest absolute Gasteiger partial charge is 0.350 e. The van der Waals surface area contributed by atoms with Crippen molar-refractivity contribution in [1.82, 2.24) is 15.5 Å². The number of nitrogens with zero attached hydrogens (tertiary/aromatic N) is 1. The standard InChI is InChI=1S/C30H39N3O2/c1-19(2)17-33-18-24-15-30(29(35)31-16-23-12-8-9-20(3)13-23)25(14-22-10-6-5-7-11-22)28(33)26(24)27(32-30)21(4)34/h5-13,19,24-28,32H,14-18H2,1-4H3,(H,31,35). The average molecular weight is 474 g/mol. The van der Waals surface area contributed by atoms with Crippen molar-refractivity contribution in [3.05, 3.63) is 71.3 Å². The van der Waals surface area contributed by atoms with Crippen molar-refractivity contribution in [1.29, 1.82) is 0 Å². The van der Waals surface area contributed by atoms with Gasteiger partial charge in [-0.25, -0.2) is 0 Å². The Labute approximate surface area is 209 Å². The Morgan fingerprint density at radius 3 is 2.54 bits per heavy atom. The van der Waals surface area contributed by atoms with Crippen LogP contribution in [0.2, 0.25) is 0 Å². The normalized spacial score (nSPS) is 31.6. The minimum absolute atomic E-state index is 0.0470. The van der Waals surface area contributed by atoms with Crippen LogP contribution in [0.1, 0.15) is 43.9 Å².